The average molecular weight is 364 g/mol. The van der Waals surface area contributed by atoms with E-state index in [4.69, 9.17) is 4.74 Å². The van der Waals surface area contributed by atoms with Gasteiger partial charge < -0.3 is 10.1 Å². The maximum Gasteiger partial charge on any atom is 0.361 e. The summed E-state index contributed by atoms with van der Waals surface area (Å²) in [5.41, 5.74) is 3.90. The van der Waals surface area contributed by atoms with Gasteiger partial charge >= 0.3 is 5.97 Å². The van der Waals surface area contributed by atoms with E-state index >= 15 is 0 Å². The number of anilines is 1. The minimum Gasteiger partial charge on any atom is -0.451 e. The molecule has 2 aromatic carbocycles. The second kappa shape index (κ2) is 7.82. The normalized spacial score (nSPS) is 10.5. The van der Waals surface area contributed by atoms with E-state index in [1.165, 1.54) is 4.80 Å². The fourth-order valence-corrected chi connectivity index (χ4v) is 2.50. The summed E-state index contributed by atoms with van der Waals surface area (Å²) in [5, 5.41) is 11.1. The molecule has 3 rings (SSSR count). The third-order valence-corrected chi connectivity index (χ3v) is 3.96. The van der Waals surface area contributed by atoms with Crippen LogP contribution >= 0.6 is 0 Å². The molecule has 0 fully saturated rings. The Morgan fingerprint density at radius 3 is 2.52 bits per heavy atom. The molecule has 0 aliphatic heterocycles. The summed E-state index contributed by atoms with van der Waals surface area (Å²) in [6.45, 7) is 5.10. The van der Waals surface area contributed by atoms with Crippen molar-refractivity contribution in [3.8, 4) is 5.69 Å². The highest BCUT2D eigenvalue weighted by atomic mass is 16.5. The van der Waals surface area contributed by atoms with E-state index in [9.17, 15) is 9.59 Å². The number of esters is 1. The van der Waals surface area contributed by atoms with Crippen molar-refractivity contribution in [3.63, 3.8) is 0 Å². The van der Waals surface area contributed by atoms with Gasteiger partial charge in [0.15, 0.2) is 12.3 Å². The number of ether oxygens (including phenoxy) is 1. The van der Waals surface area contributed by atoms with Gasteiger partial charge in [0.1, 0.15) is 0 Å². The molecule has 0 aliphatic carbocycles. The van der Waals surface area contributed by atoms with Crippen molar-refractivity contribution in [1.29, 1.82) is 0 Å². The minimum absolute atomic E-state index is 0.0818. The summed E-state index contributed by atoms with van der Waals surface area (Å²) >= 11 is 0. The van der Waals surface area contributed by atoms with E-state index in [1.54, 1.807) is 6.92 Å². The number of hydrogen-bond donors (Lipinski definition) is 1. The average Bonchev–Trinajstić information content (AvgIpc) is 3.05. The molecular weight excluding hydrogens is 344 g/mol. The summed E-state index contributed by atoms with van der Waals surface area (Å²) in [7, 11) is 0. The monoisotopic (exact) mass is 364 g/mol. The lowest BCUT2D eigenvalue weighted by Gasteiger charge is -2.09. The minimum atomic E-state index is -0.689. The molecule has 0 saturated carbocycles. The molecule has 1 amide bonds. The number of nitrogens with zero attached hydrogens (tertiary/aromatic N) is 3. The van der Waals surface area contributed by atoms with Crippen LogP contribution in [0.25, 0.3) is 5.69 Å². The van der Waals surface area contributed by atoms with Crippen LogP contribution in [0, 0.1) is 20.8 Å². The van der Waals surface area contributed by atoms with Crippen LogP contribution in [0.15, 0.2) is 48.5 Å². The fourth-order valence-electron chi connectivity index (χ4n) is 2.50. The van der Waals surface area contributed by atoms with Crippen molar-refractivity contribution in [3.05, 3.63) is 71.0 Å². The molecular formula is C20H20N4O3. The molecule has 0 atom stereocenters. The van der Waals surface area contributed by atoms with Crippen molar-refractivity contribution in [1.82, 2.24) is 15.0 Å². The third-order valence-electron chi connectivity index (χ3n) is 3.96. The van der Waals surface area contributed by atoms with E-state index in [-0.39, 0.29) is 5.69 Å². The summed E-state index contributed by atoms with van der Waals surface area (Å²) in [6.07, 6.45) is 0. The molecule has 1 N–H and O–H groups in total. The van der Waals surface area contributed by atoms with Crippen molar-refractivity contribution >= 4 is 17.6 Å². The standard InChI is InChI=1S/C20H20N4O3/c1-13-9-10-14(2)17(11-13)21-18(25)12-27-20(26)19-15(3)22-24(23-19)16-7-5-4-6-8-16/h4-11H,12H2,1-3H3,(H,21,25). The van der Waals surface area contributed by atoms with Crippen molar-refractivity contribution in [2.75, 3.05) is 11.9 Å². The topological polar surface area (TPSA) is 86.1 Å². The van der Waals surface area contributed by atoms with Crippen LogP contribution in [0.2, 0.25) is 0 Å². The van der Waals surface area contributed by atoms with Gasteiger partial charge in [0, 0.05) is 5.69 Å². The predicted molar refractivity (Wildman–Crippen MR) is 101 cm³/mol. The van der Waals surface area contributed by atoms with Gasteiger partial charge in [-0.1, -0.05) is 30.3 Å². The number of nitrogens with one attached hydrogen (secondary N) is 1. The molecule has 0 saturated heterocycles. The van der Waals surface area contributed by atoms with E-state index in [1.807, 2.05) is 62.4 Å². The first kappa shape index (κ1) is 18.3. The van der Waals surface area contributed by atoms with Gasteiger partial charge in [-0.25, -0.2) is 4.79 Å². The second-order valence-electron chi connectivity index (χ2n) is 6.20. The zero-order chi connectivity index (χ0) is 19.4. The molecule has 0 aliphatic rings. The van der Waals surface area contributed by atoms with Crippen molar-refractivity contribution in [2.45, 2.75) is 20.8 Å². The lowest BCUT2D eigenvalue weighted by Crippen LogP contribution is -2.22. The van der Waals surface area contributed by atoms with E-state index in [0.29, 0.717) is 11.4 Å². The van der Waals surface area contributed by atoms with Gasteiger partial charge in [-0.15, -0.1) is 5.10 Å². The summed E-state index contributed by atoms with van der Waals surface area (Å²) in [5.74, 6) is -1.10. The predicted octanol–water partition coefficient (Wildman–Crippen LogP) is 2.99. The van der Waals surface area contributed by atoms with Crippen LogP contribution in [-0.4, -0.2) is 33.5 Å². The molecule has 138 valence electrons. The van der Waals surface area contributed by atoms with Crippen molar-refractivity contribution < 1.29 is 14.3 Å². The first-order valence-corrected chi connectivity index (χ1v) is 8.47. The van der Waals surface area contributed by atoms with Crippen LogP contribution in [0.5, 0.6) is 0 Å². The zero-order valence-electron chi connectivity index (χ0n) is 15.4. The molecule has 1 aromatic heterocycles. The Bertz CT molecular complexity index is 980. The van der Waals surface area contributed by atoms with Gasteiger partial charge in [0.25, 0.3) is 5.91 Å². The number of aromatic nitrogens is 3. The number of carbonyl (C=O) groups excluding carboxylic acids is 2. The summed E-state index contributed by atoms with van der Waals surface area (Å²) in [4.78, 5) is 25.7. The van der Waals surface area contributed by atoms with Gasteiger partial charge in [-0.3, -0.25) is 4.79 Å². The Morgan fingerprint density at radius 2 is 1.78 bits per heavy atom. The molecule has 7 nitrogen and oxygen atoms in total. The van der Waals surface area contributed by atoms with E-state index in [0.717, 1.165) is 16.8 Å². The maximum atomic E-state index is 12.3. The zero-order valence-corrected chi connectivity index (χ0v) is 15.4. The Kier molecular flexibility index (Phi) is 5.30. The number of carbonyl (C=O) groups is 2. The molecule has 0 spiro atoms. The largest absolute Gasteiger partial charge is 0.451 e. The Balaban J connectivity index is 1.63. The number of para-hydroxylation sites is 1. The van der Waals surface area contributed by atoms with Gasteiger partial charge in [0.05, 0.1) is 11.4 Å². The SMILES string of the molecule is Cc1ccc(C)c(NC(=O)COC(=O)c2nn(-c3ccccc3)nc2C)c1. The third kappa shape index (κ3) is 4.38. The van der Waals surface area contributed by atoms with Gasteiger partial charge in [-0.05, 0) is 50.1 Å². The van der Waals surface area contributed by atoms with E-state index < -0.39 is 18.5 Å². The maximum absolute atomic E-state index is 12.3. The number of amides is 1. The second-order valence-corrected chi connectivity index (χ2v) is 6.20. The van der Waals surface area contributed by atoms with E-state index in [2.05, 4.69) is 15.5 Å². The highest BCUT2D eigenvalue weighted by Gasteiger charge is 2.19. The van der Waals surface area contributed by atoms with Crippen LogP contribution in [0.4, 0.5) is 5.69 Å². The first-order chi connectivity index (χ1) is 12.9. The lowest BCUT2D eigenvalue weighted by molar-refractivity contribution is -0.119. The molecule has 0 bridgehead atoms. The first-order valence-electron chi connectivity index (χ1n) is 8.47. The number of aryl methyl sites for hydroxylation is 3. The van der Waals surface area contributed by atoms with Crippen molar-refractivity contribution in [2.24, 2.45) is 0 Å². The van der Waals surface area contributed by atoms with Crippen LogP contribution in [0.3, 0.4) is 0 Å². The number of benzene rings is 2. The molecule has 0 unspecified atom stereocenters. The molecule has 1 heterocycles. The summed E-state index contributed by atoms with van der Waals surface area (Å²) in [6, 6.07) is 15.0. The highest BCUT2D eigenvalue weighted by Crippen LogP contribution is 2.16. The molecule has 7 heteroatoms. The smallest absolute Gasteiger partial charge is 0.361 e. The molecule has 3 aromatic rings. The molecule has 27 heavy (non-hydrogen) atoms. The number of hydrogen-bond acceptors (Lipinski definition) is 5. The van der Waals surface area contributed by atoms with Gasteiger partial charge in [-0.2, -0.15) is 9.90 Å². The molecule has 0 radical (unpaired) electrons. The Labute approximate surface area is 157 Å². The Morgan fingerprint density at radius 1 is 1.04 bits per heavy atom. The van der Waals surface area contributed by atoms with Crippen LogP contribution in [-0.2, 0) is 9.53 Å². The highest BCUT2D eigenvalue weighted by molar-refractivity contribution is 5.95. The van der Waals surface area contributed by atoms with Crippen LogP contribution < -0.4 is 5.32 Å². The van der Waals surface area contributed by atoms with Crippen LogP contribution in [0.1, 0.15) is 27.3 Å². The quantitative estimate of drug-likeness (QED) is 0.704. The lowest BCUT2D eigenvalue weighted by atomic mass is 10.1. The summed E-state index contributed by atoms with van der Waals surface area (Å²) < 4.78 is 5.10. The Hall–Kier alpha value is -3.48. The fraction of sp³-hybridized carbons (Fsp3) is 0.200. The number of rotatable bonds is 5. The van der Waals surface area contributed by atoms with Gasteiger partial charge in [0.2, 0.25) is 0 Å².